The van der Waals surface area contributed by atoms with Gasteiger partial charge in [0, 0.05) is 11.9 Å². The van der Waals surface area contributed by atoms with Crippen LogP contribution in [0.3, 0.4) is 0 Å². The summed E-state index contributed by atoms with van der Waals surface area (Å²) < 4.78 is 1.42. The van der Waals surface area contributed by atoms with Gasteiger partial charge in [0.15, 0.2) is 0 Å². The van der Waals surface area contributed by atoms with E-state index < -0.39 is 4.92 Å². The molecule has 0 aliphatic rings. The van der Waals surface area contributed by atoms with Gasteiger partial charge in [-0.3, -0.25) is 14.8 Å². The number of rotatable bonds is 4. The third-order valence-electron chi connectivity index (χ3n) is 2.29. The number of aliphatic hydroxyl groups excluding tert-OH is 1. The van der Waals surface area contributed by atoms with Crippen LogP contribution in [0.15, 0.2) is 40.4 Å². The second-order valence-electron chi connectivity index (χ2n) is 3.65. The molecular weight excluding hydrogens is 254 g/mol. The molecule has 18 heavy (non-hydrogen) atoms. The molecule has 0 saturated heterocycles. The molecule has 0 spiro atoms. The van der Waals surface area contributed by atoms with Crippen molar-refractivity contribution in [3.63, 3.8) is 0 Å². The molecule has 0 saturated carbocycles. The van der Waals surface area contributed by atoms with Crippen molar-refractivity contribution in [2.24, 2.45) is 7.05 Å². The second kappa shape index (κ2) is 5.19. The average Bonchev–Trinajstić information content (AvgIpc) is 2.71. The fourth-order valence-electron chi connectivity index (χ4n) is 1.43. The van der Waals surface area contributed by atoms with Crippen LogP contribution in [0.4, 0.5) is 5.69 Å². The predicted molar refractivity (Wildman–Crippen MR) is 66.4 cm³/mol. The summed E-state index contributed by atoms with van der Waals surface area (Å²) >= 11 is 1.23. The molecule has 0 aliphatic carbocycles. The molecular formula is C11H11N3O3S. The summed E-state index contributed by atoms with van der Waals surface area (Å²) in [6.45, 7) is -0.0192. The van der Waals surface area contributed by atoms with E-state index in [0.29, 0.717) is 5.03 Å². The zero-order valence-corrected chi connectivity index (χ0v) is 10.4. The lowest BCUT2D eigenvalue weighted by Crippen LogP contribution is -1.88. The van der Waals surface area contributed by atoms with Crippen LogP contribution < -0.4 is 0 Å². The van der Waals surface area contributed by atoms with Gasteiger partial charge in [-0.1, -0.05) is 23.9 Å². The van der Waals surface area contributed by atoms with Crippen LogP contribution in [0, 0.1) is 10.1 Å². The van der Waals surface area contributed by atoms with Crippen LogP contribution in [0.2, 0.25) is 0 Å². The first-order chi connectivity index (χ1) is 8.60. The van der Waals surface area contributed by atoms with E-state index in [2.05, 4.69) is 5.10 Å². The van der Waals surface area contributed by atoms with Gasteiger partial charge in [-0.2, -0.15) is 5.10 Å². The van der Waals surface area contributed by atoms with Gasteiger partial charge < -0.3 is 5.11 Å². The number of hydrogen-bond acceptors (Lipinski definition) is 5. The smallest absolute Gasteiger partial charge is 0.321 e. The molecule has 2 aromatic rings. The molecule has 0 radical (unpaired) electrons. The minimum Gasteiger partial charge on any atom is -0.392 e. The molecule has 1 N–H and O–H groups in total. The van der Waals surface area contributed by atoms with Crippen molar-refractivity contribution >= 4 is 17.4 Å². The molecule has 0 aliphatic heterocycles. The monoisotopic (exact) mass is 265 g/mol. The van der Waals surface area contributed by atoms with Crippen LogP contribution in [0.1, 0.15) is 5.56 Å². The van der Waals surface area contributed by atoms with Gasteiger partial charge in [-0.15, -0.1) is 0 Å². The minimum absolute atomic E-state index is 0.00580. The average molecular weight is 265 g/mol. The highest BCUT2D eigenvalue weighted by Gasteiger charge is 2.19. The Hall–Kier alpha value is -1.86. The molecule has 0 bridgehead atoms. The highest BCUT2D eigenvalue weighted by Crippen LogP contribution is 2.33. The van der Waals surface area contributed by atoms with E-state index in [9.17, 15) is 10.1 Å². The minimum atomic E-state index is -0.447. The first-order valence-electron chi connectivity index (χ1n) is 5.16. The van der Waals surface area contributed by atoms with E-state index in [0.717, 1.165) is 10.5 Å². The third kappa shape index (κ3) is 2.69. The summed E-state index contributed by atoms with van der Waals surface area (Å²) in [4.78, 5) is 11.2. The molecule has 2 rings (SSSR count). The van der Waals surface area contributed by atoms with E-state index in [1.165, 1.54) is 22.6 Å². The molecule has 0 atom stereocenters. The van der Waals surface area contributed by atoms with Crippen molar-refractivity contribution in [2.75, 3.05) is 0 Å². The Kier molecular flexibility index (Phi) is 3.63. The van der Waals surface area contributed by atoms with Crippen molar-refractivity contribution in [1.29, 1.82) is 0 Å². The highest BCUT2D eigenvalue weighted by atomic mass is 32.2. The number of benzene rings is 1. The summed E-state index contributed by atoms with van der Waals surface area (Å²) in [6.07, 6.45) is 1.38. The molecule has 6 nitrogen and oxygen atoms in total. The van der Waals surface area contributed by atoms with Crippen molar-refractivity contribution < 1.29 is 10.0 Å². The quantitative estimate of drug-likeness (QED) is 0.675. The van der Waals surface area contributed by atoms with E-state index in [4.69, 9.17) is 5.11 Å². The summed E-state index contributed by atoms with van der Waals surface area (Å²) in [5, 5.41) is 24.2. The molecule has 1 heterocycles. The molecule has 0 amide bonds. The summed E-state index contributed by atoms with van der Waals surface area (Å²) in [6, 6.07) is 7.15. The van der Waals surface area contributed by atoms with Gasteiger partial charge in [-0.05, 0) is 17.7 Å². The molecule has 1 aromatic carbocycles. The maximum absolute atomic E-state index is 10.8. The number of hydrogen-bond donors (Lipinski definition) is 1. The van der Waals surface area contributed by atoms with Crippen LogP contribution >= 0.6 is 11.8 Å². The highest BCUT2D eigenvalue weighted by molar-refractivity contribution is 7.99. The number of nitro groups is 1. The van der Waals surface area contributed by atoms with Gasteiger partial charge in [-0.25, -0.2) is 0 Å². The second-order valence-corrected chi connectivity index (χ2v) is 4.72. The summed E-state index contributed by atoms with van der Waals surface area (Å²) in [7, 11) is 1.64. The van der Waals surface area contributed by atoms with Crippen LogP contribution in [-0.2, 0) is 13.7 Å². The first-order valence-corrected chi connectivity index (χ1v) is 5.97. The molecule has 7 heteroatoms. The number of aliphatic hydroxyl groups is 1. The van der Waals surface area contributed by atoms with E-state index >= 15 is 0 Å². The van der Waals surface area contributed by atoms with Crippen molar-refractivity contribution in [2.45, 2.75) is 16.5 Å². The Morgan fingerprint density at radius 2 is 2.11 bits per heavy atom. The number of nitrogens with zero attached hydrogens (tertiary/aromatic N) is 3. The van der Waals surface area contributed by atoms with Gasteiger partial charge in [0.05, 0.1) is 11.5 Å². The zero-order valence-electron chi connectivity index (χ0n) is 9.61. The van der Waals surface area contributed by atoms with Crippen LogP contribution in [0.25, 0.3) is 0 Å². The van der Waals surface area contributed by atoms with Crippen LogP contribution in [-0.4, -0.2) is 19.8 Å². The van der Waals surface area contributed by atoms with Crippen LogP contribution in [0.5, 0.6) is 0 Å². The predicted octanol–water partition coefficient (Wildman–Crippen LogP) is 1.97. The van der Waals surface area contributed by atoms with Crippen molar-refractivity contribution in [1.82, 2.24) is 9.78 Å². The van der Waals surface area contributed by atoms with Gasteiger partial charge in [0.2, 0.25) is 5.03 Å². The maximum Gasteiger partial charge on any atom is 0.321 e. The van der Waals surface area contributed by atoms with Gasteiger partial charge in [0.25, 0.3) is 0 Å². The van der Waals surface area contributed by atoms with E-state index in [1.807, 2.05) is 0 Å². The van der Waals surface area contributed by atoms with Gasteiger partial charge in [0.1, 0.15) is 6.20 Å². The fraction of sp³-hybridized carbons (Fsp3) is 0.182. The Morgan fingerprint density at radius 1 is 1.44 bits per heavy atom. The Bertz CT molecular complexity index is 565. The Balaban J connectivity index is 2.25. The fourth-order valence-corrected chi connectivity index (χ4v) is 2.32. The number of aromatic nitrogens is 2. The van der Waals surface area contributed by atoms with Crippen molar-refractivity contribution in [3.8, 4) is 0 Å². The zero-order chi connectivity index (χ0) is 13.1. The van der Waals surface area contributed by atoms with E-state index in [-0.39, 0.29) is 12.3 Å². The number of aryl methyl sites for hydroxylation is 1. The maximum atomic E-state index is 10.8. The van der Waals surface area contributed by atoms with Crippen molar-refractivity contribution in [3.05, 3.63) is 46.1 Å². The van der Waals surface area contributed by atoms with Gasteiger partial charge >= 0.3 is 5.69 Å². The lowest BCUT2D eigenvalue weighted by atomic mass is 10.2. The topological polar surface area (TPSA) is 81.2 Å². The standard InChI is InChI=1S/C11H11N3O3S/c1-13-6-10(14(16)17)11(12-13)18-9-4-2-8(7-15)3-5-9/h2-6,15H,7H2,1H3. The lowest BCUT2D eigenvalue weighted by Gasteiger charge is -1.99. The Morgan fingerprint density at radius 3 is 2.67 bits per heavy atom. The third-order valence-corrected chi connectivity index (χ3v) is 3.29. The largest absolute Gasteiger partial charge is 0.392 e. The molecule has 0 fully saturated rings. The first kappa shape index (κ1) is 12.6. The summed E-state index contributed by atoms with van der Waals surface area (Å²) in [5.74, 6) is 0. The summed E-state index contributed by atoms with van der Waals surface area (Å²) in [5.41, 5.74) is 0.795. The molecule has 1 aromatic heterocycles. The Labute approximate surface area is 107 Å². The normalized spacial score (nSPS) is 10.6. The lowest BCUT2D eigenvalue weighted by molar-refractivity contribution is -0.387. The SMILES string of the molecule is Cn1cc([N+](=O)[O-])c(Sc2ccc(CO)cc2)n1. The molecule has 0 unspecified atom stereocenters. The molecule has 94 valence electrons. The van der Waals surface area contributed by atoms with E-state index in [1.54, 1.807) is 31.3 Å².